The second-order valence-electron chi connectivity index (χ2n) is 7.00. The Morgan fingerprint density at radius 3 is 2.67 bits per heavy atom. The Kier molecular flexibility index (Phi) is 6.35. The Hall–Kier alpha value is -2.53. The Bertz CT molecular complexity index is 794. The van der Waals surface area contributed by atoms with Crippen molar-refractivity contribution in [3.63, 3.8) is 0 Å². The second-order valence-corrected chi connectivity index (χ2v) is 7.00. The first-order valence-electron chi connectivity index (χ1n) is 9.16. The molecule has 0 radical (unpaired) electrons. The molecule has 142 valence electrons. The maximum Gasteiger partial charge on any atom is 0.224 e. The number of carbonyl (C=O) groups is 1. The van der Waals surface area contributed by atoms with E-state index in [1.807, 2.05) is 18.2 Å². The number of likely N-dealkylation sites (tertiary alicyclic amines) is 1. The van der Waals surface area contributed by atoms with E-state index >= 15 is 0 Å². The highest BCUT2D eigenvalue weighted by atomic mass is 19.1. The number of hydrogen-bond acceptors (Lipinski definition) is 2. The zero-order valence-electron chi connectivity index (χ0n) is 15.2. The zero-order valence-corrected chi connectivity index (χ0v) is 15.2. The lowest BCUT2D eigenvalue weighted by molar-refractivity contribution is -0.126. The molecule has 5 heteroatoms. The van der Waals surface area contributed by atoms with Crippen LogP contribution < -0.4 is 5.32 Å². The van der Waals surface area contributed by atoms with Crippen molar-refractivity contribution in [2.75, 3.05) is 19.6 Å². The quantitative estimate of drug-likeness (QED) is 0.783. The predicted octanol–water partition coefficient (Wildman–Crippen LogP) is 3.87. The lowest BCUT2D eigenvalue weighted by atomic mass is 9.84. The molecule has 3 rings (SSSR count). The summed E-state index contributed by atoms with van der Waals surface area (Å²) in [4.78, 5) is 14.6. The van der Waals surface area contributed by atoms with Gasteiger partial charge >= 0.3 is 0 Å². The Morgan fingerprint density at radius 2 is 1.96 bits per heavy atom. The normalized spacial score (nSPS) is 20.2. The molecule has 0 aliphatic carbocycles. The third kappa shape index (κ3) is 5.01. The molecule has 1 heterocycles. The minimum absolute atomic E-state index is 0.0138. The summed E-state index contributed by atoms with van der Waals surface area (Å²) in [6.07, 6.45) is 2.40. The number of amides is 1. The summed E-state index contributed by atoms with van der Waals surface area (Å²) in [5.41, 5.74) is 1.61. The molecule has 2 atom stereocenters. The third-order valence-corrected chi connectivity index (χ3v) is 5.00. The lowest BCUT2D eigenvalue weighted by Gasteiger charge is -2.37. The number of carbonyl (C=O) groups excluding carboxylic acids is 1. The minimum Gasteiger partial charge on any atom is -0.352 e. The van der Waals surface area contributed by atoms with Crippen molar-refractivity contribution in [2.24, 2.45) is 5.92 Å². The van der Waals surface area contributed by atoms with Gasteiger partial charge in [0.25, 0.3) is 0 Å². The van der Waals surface area contributed by atoms with Gasteiger partial charge in [0, 0.05) is 37.8 Å². The molecule has 3 nitrogen and oxygen atoms in total. The van der Waals surface area contributed by atoms with E-state index in [2.05, 4.69) is 28.9 Å². The number of nitrogens with zero attached hydrogens (tertiary/aromatic N) is 1. The number of hydrogen-bond donors (Lipinski definition) is 1. The fourth-order valence-electron chi connectivity index (χ4n) is 3.68. The molecule has 0 bridgehead atoms. The summed E-state index contributed by atoms with van der Waals surface area (Å²) < 4.78 is 27.3. The molecule has 0 spiro atoms. The van der Waals surface area contributed by atoms with E-state index in [-0.39, 0.29) is 17.7 Å². The van der Waals surface area contributed by atoms with Crippen molar-refractivity contribution >= 4 is 5.91 Å². The van der Waals surface area contributed by atoms with Gasteiger partial charge in [-0.2, -0.15) is 0 Å². The monoisotopic (exact) mass is 370 g/mol. The molecule has 2 aromatic carbocycles. The van der Waals surface area contributed by atoms with Crippen LogP contribution >= 0.6 is 0 Å². The van der Waals surface area contributed by atoms with E-state index in [1.54, 1.807) is 6.08 Å². The number of nitrogens with one attached hydrogen (secondary N) is 1. The van der Waals surface area contributed by atoms with Crippen LogP contribution in [0.15, 0.2) is 61.2 Å². The van der Waals surface area contributed by atoms with E-state index in [9.17, 15) is 13.6 Å². The van der Waals surface area contributed by atoms with Crippen molar-refractivity contribution < 1.29 is 13.6 Å². The second kappa shape index (κ2) is 8.91. The highest BCUT2D eigenvalue weighted by Gasteiger charge is 2.32. The molecule has 1 aliphatic heterocycles. The molecule has 1 amide bonds. The van der Waals surface area contributed by atoms with Gasteiger partial charge in [-0.25, -0.2) is 8.78 Å². The highest BCUT2D eigenvalue weighted by Crippen LogP contribution is 2.31. The third-order valence-electron chi connectivity index (χ3n) is 5.00. The Balaban J connectivity index is 1.79. The lowest BCUT2D eigenvalue weighted by Crippen LogP contribution is -2.45. The molecular formula is C22H24F2N2O. The SMILES string of the molecule is C=CCNC(=O)C1CC(c2ccccc2)CN(Cc2ccc(F)cc2F)C1. The number of benzene rings is 2. The van der Waals surface area contributed by atoms with Gasteiger partial charge in [0.15, 0.2) is 0 Å². The summed E-state index contributed by atoms with van der Waals surface area (Å²) in [5, 5.41) is 2.87. The van der Waals surface area contributed by atoms with Crippen molar-refractivity contribution in [1.29, 1.82) is 0 Å². The number of halogens is 2. The first-order valence-corrected chi connectivity index (χ1v) is 9.16. The summed E-state index contributed by atoms with van der Waals surface area (Å²) >= 11 is 0. The van der Waals surface area contributed by atoms with E-state index in [4.69, 9.17) is 0 Å². The van der Waals surface area contributed by atoms with Gasteiger partial charge in [-0.05, 0) is 24.0 Å². The number of piperidine rings is 1. The van der Waals surface area contributed by atoms with Crippen LogP contribution in [0, 0.1) is 17.6 Å². The van der Waals surface area contributed by atoms with E-state index in [0.717, 1.165) is 19.0 Å². The van der Waals surface area contributed by atoms with Crippen molar-refractivity contribution in [3.8, 4) is 0 Å². The van der Waals surface area contributed by atoms with Crippen LogP contribution in [-0.4, -0.2) is 30.4 Å². The highest BCUT2D eigenvalue weighted by molar-refractivity contribution is 5.79. The largest absolute Gasteiger partial charge is 0.352 e. The average Bonchev–Trinajstić information content (AvgIpc) is 2.68. The average molecular weight is 370 g/mol. The van der Waals surface area contributed by atoms with Crippen LogP contribution in [0.1, 0.15) is 23.5 Å². The molecular weight excluding hydrogens is 346 g/mol. The zero-order chi connectivity index (χ0) is 19.2. The van der Waals surface area contributed by atoms with Crippen LogP contribution in [-0.2, 0) is 11.3 Å². The standard InChI is InChI=1S/C22H24F2N2O/c1-2-10-25-22(27)19-11-18(16-6-4-3-5-7-16)14-26(15-19)13-17-8-9-20(23)12-21(17)24/h2-9,12,18-19H,1,10-11,13-15H2,(H,25,27). The molecule has 1 saturated heterocycles. The van der Waals surface area contributed by atoms with Gasteiger partial charge < -0.3 is 5.32 Å². The molecule has 27 heavy (non-hydrogen) atoms. The Labute approximate surface area is 158 Å². The van der Waals surface area contributed by atoms with E-state index < -0.39 is 11.6 Å². The van der Waals surface area contributed by atoms with Crippen LogP contribution in [0.4, 0.5) is 8.78 Å². The van der Waals surface area contributed by atoms with Gasteiger partial charge in [0.1, 0.15) is 11.6 Å². The molecule has 0 saturated carbocycles. The topological polar surface area (TPSA) is 32.3 Å². The maximum atomic E-state index is 14.1. The smallest absolute Gasteiger partial charge is 0.224 e. The molecule has 2 aromatic rings. The van der Waals surface area contributed by atoms with Crippen molar-refractivity contribution in [1.82, 2.24) is 10.2 Å². The summed E-state index contributed by atoms with van der Waals surface area (Å²) in [7, 11) is 0. The van der Waals surface area contributed by atoms with Gasteiger partial charge in [0.05, 0.1) is 5.92 Å². The molecule has 1 N–H and O–H groups in total. The van der Waals surface area contributed by atoms with Gasteiger partial charge in [-0.3, -0.25) is 9.69 Å². The van der Waals surface area contributed by atoms with Crippen LogP contribution in [0.3, 0.4) is 0 Å². The fourth-order valence-corrected chi connectivity index (χ4v) is 3.68. The molecule has 0 aromatic heterocycles. The first kappa shape index (κ1) is 19.2. The summed E-state index contributed by atoms with van der Waals surface area (Å²) in [6.45, 7) is 5.68. The molecule has 2 unspecified atom stereocenters. The fraction of sp³-hybridized carbons (Fsp3) is 0.318. The molecule has 1 fully saturated rings. The van der Waals surface area contributed by atoms with E-state index in [1.165, 1.54) is 17.7 Å². The summed E-state index contributed by atoms with van der Waals surface area (Å²) in [5.74, 6) is -1.15. The van der Waals surface area contributed by atoms with Crippen LogP contribution in [0.25, 0.3) is 0 Å². The van der Waals surface area contributed by atoms with Gasteiger partial charge in [0.2, 0.25) is 5.91 Å². The van der Waals surface area contributed by atoms with Gasteiger partial charge in [-0.15, -0.1) is 6.58 Å². The first-order chi connectivity index (χ1) is 13.1. The van der Waals surface area contributed by atoms with E-state index in [0.29, 0.717) is 25.2 Å². The van der Waals surface area contributed by atoms with Crippen LogP contribution in [0.2, 0.25) is 0 Å². The van der Waals surface area contributed by atoms with Crippen molar-refractivity contribution in [3.05, 3.63) is 83.9 Å². The molecule has 1 aliphatic rings. The Morgan fingerprint density at radius 1 is 1.19 bits per heavy atom. The van der Waals surface area contributed by atoms with Gasteiger partial charge in [-0.1, -0.05) is 42.5 Å². The predicted molar refractivity (Wildman–Crippen MR) is 102 cm³/mol. The number of rotatable bonds is 6. The summed E-state index contributed by atoms with van der Waals surface area (Å²) in [6, 6.07) is 13.7. The maximum absolute atomic E-state index is 14.1. The van der Waals surface area contributed by atoms with Crippen molar-refractivity contribution in [2.45, 2.75) is 18.9 Å². The minimum atomic E-state index is -0.585. The van der Waals surface area contributed by atoms with Crippen LogP contribution in [0.5, 0.6) is 0 Å².